The molecule has 8 heteroatoms. The van der Waals surface area contributed by atoms with Crippen molar-refractivity contribution in [3.63, 3.8) is 0 Å². The number of nitrogens with zero attached hydrogens (tertiary/aromatic N) is 3. The Hall–Kier alpha value is -1.60. The molecule has 4 rings (SSSR count). The molecule has 0 amide bonds. The van der Waals surface area contributed by atoms with E-state index in [0.29, 0.717) is 45.5 Å². The Morgan fingerprint density at radius 3 is 2.54 bits per heavy atom. The lowest BCUT2D eigenvalue weighted by atomic mass is 10.0. The van der Waals surface area contributed by atoms with Gasteiger partial charge in [-0.1, -0.05) is 35.3 Å². The molecule has 1 aliphatic heterocycles. The van der Waals surface area contributed by atoms with Crippen molar-refractivity contribution in [1.82, 2.24) is 9.97 Å². The first-order valence-electron chi connectivity index (χ1n) is 8.64. The average Bonchev–Trinajstić information content (AvgIpc) is 3.13. The molecule has 1 saturated carbocycles. The molecule has 2 fully saturated rings. The van der Waals surface area contributed by atoms with Crippen LogP contribution in [0.3, 0.4) is 0 Å². The van der Waals surface area contributed by atoms with Gasteiger partial charge in [0.05, 0.1) is 21.8 Å². The third-order valence-corrected chi connectivity index (χ3v) is 6.38. The van der Waals surface area contributed by atoms with Crippen molar-refractivity contribution in [3.05, 3.63) is 34.4 Å². The summed E-state index contributed by atoms with van der Waals surface area (Å²) in [5.74, 6) is 1.92. The van der Waals surface area contributed by atoms with Crippen molar-refractivity contribution >= 4 is 34.8 Å². The number of fused-ring (bicyclic) bond motifs is 1. The zero-order valence-electron chi connectivity index (χ0n) is 14.2. The Morgan fingerprint density at radius 1 is 1.23 bits per heavy atom. The number of benzene rings is 1. The first kappa shape index (κ1) is 17.8. The van der Waals surface area contributed by atoms with Gasteiger partial charge in [-0.05, 0) is 30.7 Å². The maximum Gasteiger partial charge on any atom is 0.152 e. The summed E-state index contributed by atoms with van der Waals surface area (Å²) in [6.07, 6.45) is 3.20. The summed E-state index contributed by atoms with van der Waals surface area (Å²) >= 11 is 12.4. The van der Waals surface area contributed by atoms with Crippen molar-refractivity contribution in [3.8, 4) is 11.3 Å². The maximum absolute atomic E-state index is 10.4. The van der Waals surface area contributed by atoms with E-state index in [9.17, 15) is 5.11 Å². The standard InChI is InChI=1S/C18H21Cl2N5O/c19-13-3-1-2-12(15(13)20)16-17(22)24-14(6-23-16)25-7-10-4-18(26,9-21)5-11(10)8-25/h1-3,6,10-11,26H,4-5,7-9,21H2,(H2,22,24)/t10-,11+,18-. The van der Waals surface area contributed by atoms with Crippen molar-refractivity contribution in [2.24, 2.45) is 17.6 Å². The minimum absolute atomic E-state index is 0.321. The van der Waals surface area contributed by atoms with Gasteiger partial charge >= 0.3 is 0 Å². The molecule has 138 valence electrons. The molecule has 5 N–H and O–H groups in total. The Kier molecular flexibility index (Phi) is 4.47. The molecule has 1 aromatic carbocycles. The molecule has 6 nitrogen and oxygen atoms in total. The van der Waals surface area contributed by atoms with Gasteiger partial charge in [-0.15, -0.1) is 0 Å². The first-order valence-corrected chi connectivity index (χ1v) is 9.40. The van der Waals surface area contributed by atoms with Gasteiger partial charge in [0.25, 0.3) is 0 Å². The number of halogens is 2. The van der Waals surface area contributed by atoms with E-state index in [1.807, 2.05) is 6.07 Å². The van der Waals surface area contributed by atoms with Gasteiger partial charge in [0.15, 0.2) is 5.82 Å². The van der Waals surface area contributed by atoms with E-state index in [-0.39, 0.29) is 0 Å². The molecule has 2 aromatic rings. The summed E-state index contributed by atoms with van der Waals surface area (Å²) in [5.41, 5.74) is 12.4. The van der Waals surface area contributed by atoms with E-state index >= 15 is 0 Å². The molecule has 1 aliphatic carbocycles. The Labute approximate surface area is 162 Å². The van der Waals surface area contributed by atoms with Gasteiger partial charge in [0, 0.05) is 25.2 Å². The highest BCUT2D eigenvalue weighted by Crippen LogP contribution is 2.44. The highest BCUT2D eigenvalue weighted by atomic mass is 35.5. The van der Waals surface area contributed by atoms with Crippen LogP contribution in [0.25, 0.3) is 11.3 Å². The second-order valence-corrected chi connectivity index (χ2v) is 8.11. The number of aliphatic hydroxyl groups is 1. The second kappa shape index (κ2) is 6.53. The number of hydrogen-bond acceptors (Lipinski definition) is 6. The van der Waals surface area contributed by atoms with Crippen LogP contribution in [0.4, 0.5) is 11.6 Å². The molecule has 0 unspecified atom stereocenters. The van der Waals surface area contributed by atoms with Crippen LogP contribution in [0.1, 0.15) is 12.8 Å². The molecule has 0 spiro atoms. The largest absolute Gasteiger partial charge is 0.389 e. The number of aromatic nitrogens is 2. The van der Waals surface area contributed by atoms with E-state index in [1.165, 1.54) is 0 Å². The molecular formula is C18H21Cl2N5O. The minimum Gasteiger partial charge on any atom is -0.389 e. The lowest BCUT2D eigenvalue weighted by molar-refractivity contribution is 0.0492. The topological polar surface area (TPSA) is 101 Å². The molecule has 2 aliphatic rings. The number of hydrogen-bond donors (Lipinski definition) is 3. The molecule has 0 bridgehead atoms. The van der Waals surface area contributed by atoms with Crippen LogP contribution in [-0.2, 0) is 0 Å². The number of rotatable bonds is 3. The van der Waals surface area contributed by atoms with E-state index in [2.05, 4.69) is 14.9 Å². The summed E-state index contributed by atoms with van der Waals surface area (Å²) in [4.78, 5) is 11.2. The molecule has 26 heavy (non-hydrogen) atoms. The van der Waals surface area contributed by atoms with Gasteiger partial charge in [0.2, 0.25) is 0 Å². The molecule has 1 saturated heterocycles. The zero-order valence-corrected chi connectivity index (χ0v) is 15.7. The highest BCUT2D eigenvalue weighted by Gasteiger charge is 2.47. The number of nitrogen functional groups attached to an aromatic ring is 1. The summed E-state index contributed by atoms with van der Waals surface area (Å²) in [7, 11) is 0. The van der Waals surface area contributed by atoms with Crippen LogP contribution < -0.4 is 16.4 Å². The lowest BCUT2D eigenvalue weighted by Crippen LogP contribution is -2.37. The van der Waals surface area contributed by atoms with Crippen LogP contribution in [0.2, 0.25) is 10.0 Å². The highest BCUT2D eigenvalue weighted by molar-refractivity contribution is 6.43. The SMILES string of the molecule is NC[C@]1(O)C[C@H]2CN(c3cnc(-c4cccc(Cl)c4Cl)c(N)n3)C[C@H]2C1. The summed E-state index contributed by atoms with van der Waals surface area (Å²) < 4.78 is 0. The van der Waals surface area contributed by atoms with Gasteiger partial charge in [-0.3, -0.25) is 0 Å². The van der Waals surface area contributed by atoms with Gasteiger partial charge in [0.1, 0.15) is 11.5 Å². The fraction of sp³-hybridized carbons (Fsp3) is 0.444. The normalized spacial score (nSPS) is 27.8. The Balaban J connectivity index is 1.56. The molecule has 1 aromatic heterocycles. The van der Waals surface area contributed by atoms with E-state index in [0.717, 1.165) is 31.7 Å². The van der Waals surface area contributed by atoms with Crippen LogP contribution in [0, 0.1) is 11.8 Å². The molecule has 3 atom stereocenters. The Morgan fingerprint density at radius 2 is 1.92 bits per heavy atom. The lowest BCUT2D eigenvalue weighted by Gasteiger charge is -2.25. The number of nitrogens with two attached hydrogens (primary N) is 2. The van der Waals surface area contributed by atoms with Gasteiger partial charge in [-0.25, -0.2) is 9.97 Å². The maximum atomic E-state index is 10.4. The van der Waals surface area contributed by atoms with Crippen LogP contribution in [0.15, 0.2) is 24.4 Å². The zero-order chi connectivity index (χ0) is 18.5. The van der Waals surface area contributed by atoms with Crippen molar-refractivity contribution in [2.75, 3.05) is 30.3 Å². The van der Waals surface area contributed by atoms with E-state index < -0.39 is 5.60 Å². The summed E-state index contributed by atoms with van der Waals surface area (Å²) in [6.45, 7) is 1.98. The second-order valence-electron chi connectivity index (χ2n) is 7.33. The molecule has 2 heterocycles. The predicted octanol–water partition coefficient (Wildman–Crippen LogP) is 2.57. The third-order valence-electron chi connectivity index (χ3n) is 5.56. The van der Waals surface area contributed by atoms with E-state index in [1.54, 1.807) is 18.3 Å². The third kappa shape index (κ3) is 3.01. The van der Waals surface area contributed by atoms with Crippen LogP contribution in [0.5, 0.6) is 0 Å². The Bertz CT molecular complexity index is 832. The van der Waals surface area contributed by atoms with Gasteiger partial charge in [-0.2, -0.15) is 0 Å². The van der Waals surface area contributed by atoms with E-state index in [4.69, 9.17) is 34.7 Å². The smallest absolute Gasteiger partial charge is 0.152 e. The van der Waals surface area contributed by atoms with Crippen molar-refractivity contribution in [1.29, 1.82) is 0 Å². The summed E-state index contributed by atoms with van der Waals surface area (Å²) in [6, 6.07) is 5.35. The average molecular weight is 394 g/mol. The summed E-state index contributed by atoms with van der Waals surface area (Å²) in [5, 5.41) is 11.3. The van der Waals surface area contributed by atoms with Crippen molar-refractivity contribution in [2.45, 2.75) is 18.4 Å². The first-order chi connectivity index (χ1) is 12.4. The van der Waals surface area contributed by atoms with Crippen LogP contribution >= 0.6 is 23.2 Å². The molecular weight excluding hydrogens is 373 g/mol. The quantitative estimate of drug-likeness (QED) is 0.740. The van der Waals surface area contributed by atoms with Crippen molar-refractivity contribution < 1.29 is 5.11 Å². The van der Waals surface area contributed by atoms with Crippen LogP contribution in [-0.4, -0.2) is 40.3 Å². The fourth-order valence-corrected chi connectivity index (χ4v) is 4.64. The minimum atomic E-state index is -0.709. The molecule has 0 radical (unpaired) electrons. The number of anilines is 2. The monoisotopic (exact) mass is 393 g/mol. The van der Waals surface area contributed by atoms with Gasteiger partial charge < -0.3 is 21.5 Å². The predicted molar refractivity (Wildman–Crippen MR) is 104 cm³/mol. The fourth-order valence-electron chi connectivity index (χ4n) is 4.25.